The maximum absolute atomic E-state index is 12.1. The molecule has 0 aliphatic heterocycles. The van der Waals surface area contributed by atoms with Crippen molar-refractivity contribution in [3.8, 4) is 0 Å². The summed E-state index contributed by atoms with van der Waals surface area (Å²) in [6.07, 6.45) is 5.14. The maximum Gasteiger partial charge on any atom is 0.271 e. The van der Waals surface area contributed by atoms with Crippen molar-refractivity contribution in [2.45, 2.75) is 45.1 Å². The molecule has 0 unspecified atom stereocenters. The van der Waals surface area contributed by atoms with Crippen molar-refractivity contribution in [3.05, 3.63) is 28.5 Å². The van der Waals surface area contributed by atoms with Gasteiger partial charge in [0.15, 0.2) is 0 Å². The highest BCUT2D eigenvalue weighted by Gasteiger charge is 2.38. The van der Waals surface area contributed by atoms with Gasteiger partial charge in [-0.25, -0.2) is 4.98 Å². The number of aliphatic hydroxyl groups is 1. The minimum Gasteiger partial charge on any atom is -0.388 e. The minimum absolute atomic E-state index is 0.128. The predicted octanol–water partition coefficient (Wildman–Crippen LogP) is 2.91. The summed E-state index contributed by atoms with van der Waals surface area (Å²) < 4.78 is 0.661. The van der Waals surface area contributed by atoms with E-state index in [0.717, 1.165) is 19.3 Å². The van der Waals surface area contributed by atoms with Gasteiger partial charge in [-0.15, -0.1) is 0 Å². The molecular formula is C15H21BrN2O2. The van der Waals surface area contributed by atoms with Crippen LogP contribution in [0.1, 0.15) is 50.0 Å². The van der Waals surface area contributed by atoms with Gasteiger partial charge in [0.1, 0.15) is 5.69 Å². The highest BCUT2D eigenvalue weighted by atomic mass is 79.9. The molecule has 4 nitrogen and oxygen atoms in total. The third kappa shape index (κ3) is 3.79. The minimum atomic E-state index is -0.807. The number of hydrogen-bond donors (Lipinski definition) is 2. The lowest BCUT2D eigenvalue weighted by Gasteiger charge is -2.41. The Hall–Kier alpha value is -0.940. The van der Waals surface area contributed by atoms with Crippen LogP contribution in [0.25, 0.3) is 0 Å². The zero-order valence-corrected chi connectivity index (χ0v) is 13.5. The van der Waals surface area contributed by atoms with Crippen molar-refractivity contribution in [2.75, 3.05) is 6.54 Å². The summed E-state index contributed by atoms with van der Waals surface area (Å²) in [4.78, 5) is 16.1. The normalized spacial score (nSPS) is 25.2. The average Bonchev–Trinajstić information content (AvgIpc) is 2.35. The van der Waals surface area contributed by atoms with E-state index in [9.17, 15) is 9.90 Å². The molecule has 0 aromatic carbocycles. The molecular weight excluding hydrogens is 320 g/mol. The van der Waals surface area contributed by atoms with E-state index in [2.05, 4.69) is 40.1 Å². The molecule has 5 heteroatoms. The van der Waals surface area contributed by atoms with Gasteiger partial charge in [-0.1, -0.05) is 13.8 Å². The third-order valence-electron chi connectivity index (χ3n) is 3.85. The van der Waals surface area contributed by atoms with E-state index in [1.165, 1.54) is 0 Å². The van der Waals surface area contributed by atoms with E-state index in [1.807, 2.05) is 0 Å². The molecule has 20 heavy (non-hydrogen) atoms. The maximum atomic E-state index is 12.1. The Morgan fingerprint density at radius 2 is 2.25 bits per heavy atom. The molecule has 110 valence electrons. The number of hydrogen-bond acceptors (Lipinski definition) is 3. The Labute approximate surface area is 128 Å². The van der Waals surface area contributed by atoms with Crippen LogP contribution < -0.4 is 5.32 Å². The number of carbonyl (C=O) groups is 1. The second-order valence-corrected chi connectivity index (χ2v) is 7.29. The second-order valence-electron chi connectivity index (χ2n) is 6.44. The van der Waals surface area contributed by atoms with Gasteiger partial charge >= 0.3 is 0 Å². The van der Waals surface area contributed by atoms with Crippen LogP contribution in [0.4, 0.5) is 0 Å². The first-order valence-corrected chi connectivity index (χ1v) is 7.72. The largest absolute Gasteiger partial charge is 0.388 e. The van der Waals surface area contributed by atoms with Gasteiger partial charge in [-0.05, 0) is 59.2 Å². The predicted molar refractivity (Wildman–Crippen MR) is 81.5 cm³/mol. The van der Waals surface area contributed by atoms with E-state index in [0.29, 0.717) is 16.6 Å². The number of aromatic nitrogens is 1. The Morgan fingerprint density at radius 1 is 1.50 bits per heavy atom. The Bertz CT molecular complexity index is 504. The fourth-order valence-electron chi connectivity index (χ4n) is 3.00. The lowest BCUT2D eigenvalue weighted by Crippen LogP contribution is -2.48. The summed E-state index contributed by atoms with van der Waals surface area (Å²) in [5.41, 5.74) is -0.326. The van der Waals surface area contributed by atoms with Crippen molar-refractivity contribution < 1.29 is 9.90 Å². The van der Waals surface area contributed by atoms with E-state index in [1.54, 1.807) is 18.3 Å². The fraction of sp³-hybridized carbons (Fsp3) is 0.600. The molecule has 2 rings (SSSR count). The summed E-state index contributed by atoms with van der Waals surface area (Å²) in [6, 6.07) is 3.54. The molecule has 1 aliphatic rings. The molecule has 0 radical (unpaired) electrons. The summed E-state index contributed by atoms with van der Waals surface area (Å²) in [5.74, 6) is -0.255. The number of pyridine rings is 1. The lowest BCUT2D eigenvalue weighted by molar-refractivity contribution is -0.0362. The molecule has 1 fully saturated rings. The molecule has 1 heterocycles. The number of amides is 1. The average molecular weight is 341 g/mol. The molecule has 1 aromatic heterocycles. The number of carbonyl (C=O) groups excluding carboxylic acids is 1. The van der Waals surface area contributed by atoms with Gasteiger partial charge in [0.2, 0.25) is 0 Å². The van der Waals surface area contributed by atoms with E-state index in [-0.39, 0.29) is 17.9 Å². The molecule has 0 spiro atoms. The molecule has 0 bridgehead atoms. The van der Waals surface area contributed by atoms with E-state index in [4.69, 9.17) is 0 Å². The highest BCUT2D eigenvalue weighted by Crippen LogP contribution is 2.40. The van der Waals surface area contributed by atoms with Gasteiger partial charge in [0.05, 0.1) is 5.60 Å². The lowest BCUT2D eigenvalue weighted by atomic mass is 9.70. The Balaban J connectivity index is 1.98. The van der Waals surface area contributed by atoms with Crippen LogP contribution in [0, 0.1) is 5.41 Å². The summed E-state index contributed by atoms with van der Waals surface area (Å²) in [5, 5.41) is 13.4. The molecule has 1 aromatic rings. The number of rotatable bonds is 3. The Kier molecular flexibility index (Phi) is 4.49. The SMILES string of the molecule is CC1(C)CCC[C@@](O)(CNC(=O)c2ncccc2Br)C1. The Morgan fingerprint density at radius 3 is 2.90 bits per heavy atom. The number of halogens is 1. The first-order chi connectivity index (χ1) is 9.31. The van der Waals surface area contributed by atoms with Crippen LogP contribution >= 0.6 is 15.9 Å². The van der Waals surface area contributed by atoms with Crippen molar-refractivity contribution in [2.24, 2.45) is 5.41 Å². The third-order valence-corrected chi connectivity index (χ3v) is 4.49. The van der Waals surface area contributed by atoms with Crippen molar-refractivity contribution in [1.29, 1.82) is 0 Å². The molecule has 1 aliphatic carbocycles. The van der Waals surface area contributed by atoms with Crippen LogP contribution in [0.3, 0.4) is 0 Å². The molecule has 2 N–H and O–H groups in total. The van der Waals surface area contributed by atoms with Gasteiger partial charge in [-0.3, -0.25) is 4.79 Å². The summed E-state index contributed by atoms with van der Waals surface area (Å²) in [7, 11) is 0. The van der Waals surface area contributed by atoms with Crippen molar-refractivity contribution in [1.82, 2.24) is 10.3 Å². The van der Waals surface area contributed by atoms with Crippen LogP contribution in [0.2, 0.25) is 0 Å². The van der Waals surface area contributed by atoms with Crippen molar-refractivity contribution >= 4 is 21.8 Å². The van der Waals surface area contributed by atoms with Crippen LogP contribution in [0.15, 0.2) is 22.8 Å². The van der Waals surface area contributed by atoms with Gasteiger partial charge in [0.25, 0.3) is 5.91 Å². The summed E-state index contributed by atoms with van der Waals surface area (Å²) in [6.45, 7) is 4.60. The zero-order valence-electron chi connectivity index (χ0n) is 11.9. The molecule has 0 saturated heterocycles. The van der Waals surface area contributed by atoms with Crippen LogP contribution in [-0.4, -0.2) is 28.1 Å². The smallest absolute Gasteiger partial charge is 0.271 e. The quantitative estimate of drug-likeness (QED) is 0.889. The first kappa shape index (κ1) is 15.4. The monoisotopic (exact) mass is 340 g/mol. The topological polar surface area (TPSA) is 62.2 Å². The van der Waals surface area contributed by atoms with Gasteiger partial charge in [0, 0.05) is 17.2 Å². The second kappa shape index (κ2) is 5.82. The number of nitrogens with one attached hydrogen (secondary N) is 1. The van der Waals surface area contributed by atoms with Crippen LogP contribution in [-0.2, 0) is 0 Å². The molecule has 1 atom stereocenters. The highest BCUT2D eigenvalue weighted by molar-refractivity contribution is 9.10. The first-order valence-electron chi connectivity index (χ1n) is 6.93. The van der Waals surface area contributed by atoms with Gasteiger partial charge < -0.3 is 10.4 Å². The summed E-state index contributed by atoms with van der Waals surface area (Å²) >= 11 is 3.31. The van der Waals surface area contributed by atoms with Crippen molar-refractivity contribution in [3.63, 3.8) is 0 Å². The molecule has 1 amide bonds. The molecule has 1 saturated carbocycles. The van der Waals surface area contributed by atoms with E-state index >= 15 is 0 Å². The zero-order chi connectivity index (χ0) is 14.8. The number of nitrogens with zero attached hydrogens (tertiary/aromatic N) is 1. The van der Waals surface area contributed by atoms with Gasteiger partial charge in [-0.2, -0.15) is 0 Å². The van der Waals surface area contributed by atoms with Crippen LogP contribution in [0.5, 0.6) is 0 Å². The van der Waals surface area contributed by atoms with E-state index < -0.39 is 5.60 Å². The fourth-order valence-corrected chi connectivity index (χ4v) is 3.43. The standard InChI is InChI=1S/C15H21BrN2O2/c1-14(2)6-4-7-15(20,9-14)10-18-13(19)12-11(16)5-3-8-17-12/h3,5,8,20H,4,6-7,9-10H2,1-2H3,(H,18,19)/t15-/m0/s1.